The van der Waals surface area contributed by atoms with Crippen LogP contribution in [0.15, 0.2) is 18.3 Å². The Hall–Kier alpha value is -1.59. The fraction of sp³-hybridized carbons (Fsp3) is 0.273. The van der Waals surface area contributed by atoms with Gasteiger partial charge in [0.15, 0.2) is 0 Å². The number of aliphatic hydroxyl groups excluding tert-OH is 1. The molecule has 0 unspecified atom stereocenters. The molecule has 0 spiro atoms. The van der Waals surface area contributed by atoms with E-state index in [-0.39, 0.29) is 19.1 Å². The second-order valence-electron chi connectivity index (χ2n) is 3.62. The van der Waals surface area contributed by atoms with Crippen LogP contribution >= 0.6 is 11.6 Å². The summed E-state index contributed by atoms with van der Waals surface area (Å²) in [6, 6.07) is 3.43. The predicted molar refractivity (Wildman–Crippen MR) is 64.7 cm³/mol. The van der Waals surface area contributed by atoms with E-state index in [2.05, 4.69) is 10.3 Å². The molecule has 90 valence electrons. The van der Waals surface area contributed by atoms with Crippen molar-refractivity contribution in [2.45, 2.75) is 13.2 Å². The molecule has 2 heterocycles. The van der Waals surface area contributed by atoms with Crippen molar-refractivity contribution in [3.05, 3.63) is 29.0 Å². The number of nitrogens with one attached hydrogen (secondary N) is 1. The number of hydrogen-bond donors (Lipinski definition) is 2. The van der Waals surface area contributed by atoms with E-state index >= 15 is 0 Å². The minimum Gasteiger partial charge on any atom is -0.392 e. The average Bonchev–Trinajstić information content (AvgIpc) is 2.71. The van der Waals surface area contributed by atoms with Crippen molar-refractivity contribution in [2.24, 2.45) is 0 Å². The van der Waals surface area contributed by atoms with Gasteiger partial charge in [-0.2, -0.15) is 0 Å². The molecule has 2 aromatic rings. The van der Waals surface area contributed by atoms with Crippen molar-refractivity contribution in [2.75, 3.05) is 7.05 Å². The van der Waals surface area contributed by atoms with Crippen molar-refractivity contribution in [1.29, 1.82) is 0 Å². The van der Waals surface area contributed by atoms with Gasteiger partial charge in [0.25, 0.3) is 0 Å². The summed E-state index contributed by atoms with van der Waals surface area (Å²) in [5, 5.41) is 12.9. The summed E-state index contributed by atoms with van der Waals surface area (Å²) in [6.45, 7) is 0.0704. The molecule has 1 amide bonds. The zero-order valence-corrected chi connectivity index (χ0v) is 10.0. The molecule has 0 atom stereocenters. The Labute approximate surface area is 103 Å². The van der Waals surface area contributed by atoms with Crippen LogP contribution in [-0.2, 0) is 17.9 Å². The number of pyridine rings is 1. The van der Waals surface area contributed by atoms with Gasteiger partial charge >= 0.3 is 0 Å². The largest absolute Gasteiger partial charge is 0.392 e. The number of halogens is 1. The van der Waals surface area contributed by atoms with Crippen LogP contribution in [0, 0.1) is 0 Å². The van der Waals surface area contributed by atoms with Gasteiger partial charge in [0.1, 0.15) is 17.3 Å². The molecule has 0 saturated heterocycles. The molecule has 2 aromatic heterocycles. The molecule has 0 aliphatic heterocycles. The fourth-order valence-corrected chi connectivity index (χ4v) is 1.90. The first-order chi connectivity index (χ1) is 8.15. The van der Waals surface area contributed by atoms with Crippen LogP contribution in [0.2, 0.25) is 5.15 Å². The molecule has 0 aromatic carbocycles. The number of carbonyl (C=O) groups excluding carboxylic acids is 1. The summed E-state index contributed by atoms with van der Waals surface area (Å²) in [5.41, 5.74) is 1.31. The van der Waals surface area contributed by atoms with Crippen molar-refractivity contribution in [3.8, 4) is 0 Å². The Morgan fingerprint density at radius 3 is 3.06 bits per heavy atom. The molecule has 0 saturated carbocycles. The Morgan fingerprint density at radius 2 is 2.41 bits per heavy atom. The Morgan fingerprint density at radius 1 is 1.65 bits per heavy atom. The number of carbonyl (C=O) groups is 1. The van der Waals surface area contributed by atoms with Crippen LogP contribution in [0.3, 0.4) is 0 Å². The number of aromatic nitrogens is 2. The SMILES string of the molecule is CNC(=O)Cn1ccc2c(CO)cc(Cl)nc21. The molecule has 0 aliphatic rings. The second-order valence-corrected chi connectivity index (χ2v) is 4.00. The van der Waals surface area contributed by atoms with Gasteiger partial charge in [-0.05, 0) is 17.7 Å². The van der Waals surface area contributed by atoms with Gasteiger partial charge in [0, 0.05) is 18.6 Å². The van der Waals surface area contributed by atoms with Crippen LogP contribution in [0.5, 0.6) is 0 Å². The molecule has 5 nitrogen and oxygen atoms in total. The van der Waals surface area contributed by atoms with Gasteiger partial charge in [0.2, 0.25) is 5.91 Å². The second kappa shape index (κ2) is 4.73. The smallest absolute Gasteiger partial charge is 0.239 e. The summed E-state index contributed by atoms with van der Waals surface area (Å²) < 4.78 is 1.69. The highest BCUT2D eigenvalue weighted by atomic mass is 35.5. The van der Waals surface area contributed by atoms with E-state index in [0.29, 0.717) is 16.4 Å². The standard InChI is InChI=1S/C11H12ClN3O2/c1-13-10(17)5-15-3-2-8-7(6-16)4-9(12)14-11(8)15/h2-4,16H,5-6H2,1H3,(H,13,17). The van der Waals surface area contributed by atoms with Crippen LogP contribution in [0.25, 0.3) is 11.0 Å². The van der Waals surface area contributed by atoms with Crippen molar-refractivity contribution < 1.29 is 9.90 Å². The average molecular weight is 254 g/mol. The molecular weight excluding hydrogens is 242 g/mol. The lowest BCUT2D eigenvalue weighted by molar-refractivity contribution is -0.121. The van der Waals surface area contributed by atoms with Crippen LogP contribution in [0.4, 0.5) is 0 Å². The first-order valence-electron chi connectivity index (χ1n) is 5.11. The summed E-state index contributed by atoms with van der Waals surface area (Å²) in [5.74, 6) is -0.116. The van der Waals surface area contributed by atoms with Gasteiger partial charge in [-0.1, -0.05) is 11.6 Å². The van der Waals surface area contributed by atoms with Crippen LogP contribution in [0.1, 0.15) is 5.56 Å². The topological polar surface area (TPSA) is 67.2 Å². The predicted octanol–water partition coefficient (Wildman–Crippen LogP) is 0.928. The van der Waals surface area contributed by atoms with Gasteiger partial charge in [-0.15, -0.1) is 0 Å². The zero-order chi connectivity index (χ0) is 12.4. The van der Waals surface area contributed by atoms with Crippen molar-refractivity contribution in [1.82, 2.24) is 14.9 Å². The Bertz CT molecular complexity index is 565. The third-order valence-corrected chi connectivity index (χ3v) is 2.74. The molecule has 0 fully saturated rings. The van der Waals surface area contributed by atoms with E-state index in [4.69, 9.17) is 11.6 Å². The zero-order valence-electron chi connectivity index (χ0n) is 9.27. The van der Waals surface area contributed by atoms with Crippen LogP contribution in [-0.4, -0.2) is 27.6 Å². The van der Waals surface area contributed by atoms with Crippen molar-refractivity contribution in [3.63, 3.8) is 0 Å². The lowest BCUT2D eigenvalue weighted by atomic mass is 10.2. The lowest BCUT2D eigenvalue weighted by Gasteiger charge is -2.05. The van der Waals surface area contributed by atoms with Gasteiger partial charge < -0.3 is 15.0 Å². The van der Waals surface area contributed by atoms with Crippen LogP contribution < -0.4 is 5.32 Å². The fourth-order valence-electron chi connectivity index (χ4n) is 1.69. The van der Waals surface area contributed by atoms with E-state index in [1.807, 2.05) is 6.07 Å². The summed E-state index contributed by atoms with van der Waals surface area (Å²) in [7, 11) is 1.58. The third kappa shape index (κ3) is 2.25. The lowest BCUT2D eigenvalue weighted by Crippen LogP contribution is -2.23. The first kappa shape index (κ1) is 11.9. The van der Waals surface area contributed by atoms with E-state index in [9.17, 15) is 9.90 Å². The minimum absolute atomic E-state index is 0.108. The van der Waals surface area contributed by atoms with Crippen molar-refractivity contribution >= 4 is 28.5 Å². The highest BCUT2D eigenvalue weighted by Gasteiger charge is 2.10. The number of likely N-dealkylation sites (N-methyl/N-ethyl adjacent to an activating group) is 1. The van der Waals surface area contributed by atoms with Gasteiger partial charge in [-0.3, -0.25) is 4.79 Å². The Balaban J connectivity index is 2.52. The molecular formula is C11H12ClN3O2. The van der Waals surface area contributed by atoms with Gasteiger partial charge in [0.05, 0.1) is 6.61 Å². The Kier molecular flexibility index (Phi) is 3.31. The van der Waals surface area contributed by atoms with Gasteiger partial charge in [-0.25, -0.2) is 4.98 Å². The summed E-state index contributed by atoms with van der Waals surface area (Å²) in [4.78, 5) is 15.5. The highest BCUT2D eigenvalue weighted by molar-refractivity contribution is 6.29. The number of amides is 1. The van der Waals surface area contributed by atoms with E-state index in [1.165, 1.54) is 0 Å². The highest BCUT2D eigenvalue weighted by Crippen LogP contribution is 2.22. The number of rotatable bonds is 3. The quantitative estimate of drug-likeness (QED) is 0.800. The summed E-state index contributed by atoms with van der Waals surface area (Å²) >= 11 is 5.87. The molecule has 17 heavy (non-hydrogen) atoms. The molecule has 2 N–H and O–H groups in total. The maximum Gasteiger partial charge on any atom is 0.239 e. The van der Waals surface area contributed by atoms with E-state index < -0.39 is 0 Å². The monoisotopic (exact) mass is 253 g/mol. The molecule has 0 radical (unpaired) electrons. The number of nitrogens with zero attached hydrogens (tertiary/aromatic N) is 2. The third-order valence-electron chi connectivity index (χ3n) is 2.55. The molecule has 0 aliphatic carbocycles. The van der Waals surface area contributed by atoms with E-state index in [0.717, 1.165) is 5.39 Å². The first-order valence-corrected chi connectivity index (χ1v) is 5.49. The number of aliphatic hydroxyl groups is 1. The maximum atomic E-state index is 11.3. The minimum atomic E-state index is -0.116. The molecule has 6 heteroatoms. The molecule has 2 rings (SSSR count). The number of fused-ring (bicyclic) bond motifs is 1. The maximum absolute atomic E-state index is 11.3. The molecule has 0 bridgehead atoms. The normalized spacial score (nSPS) is 10.8. The number of hydrogen-bond acceptors (Lipinski definition) is 3. The summed E-state index contributed by atoms with van der Waals surface area (Å²) in [6.07, 6.45) is 1.75. The van der Waals surface area contributed by atoms with E-state index in [1.54, 1.807) is 23.9 Å².